The van der Waals surface area contributed by atoms with Crippen molar-refractivity contribution in [3.05, 3.63) is 34.3 Å². The van der Waals surface area contributed by atoms with Gasteiger partial charge in [-0.1, -0.05) is 34.5 Å². The SMILES string of the molecule is CN(CCCCC(C=O)C(=O)c1ccc(Br)cc1)C(=O)OC(C)(C)C. The van der Waals surface area contributed by atoms with Crippen molar-refractivity contribution in [2.45, 2.75) is 45.6 Å². The molecule has 0 aliphatic heterocycles. The Labute approximate surface area is 157 Å². The van der Waals surface area contributed by atoms with E-state index < -0.39 is 11.5 Å². The van der Waals surface area contributed by atoms with E-state index in [2.05, 4.69) is 15.9 Å². The Hall–Kier alpha value is -1.69. The molecule has 0 N–H and O–H groups in total. The first-order chi connectivity index (χ1) is 11.6. The first-order valence-corrected chi connectivity index (χ1v) is 9.12. The molecule has 1 amide bonds. The molecule has 1 aromatic carbocycles. The summed E-state index contributed by atoms with van der Waals surface area (Å²) >= 11 is 3.32. The van der Waals surface area contributed by atoms with Gasteiger partial charge in [0.25, 0.3) is 0 Å². The van der Waals surface area contributed by atoms with Gasteiger partial charge in [0.2, 0.25) is 0 Å². The average molecular weight is 412 g/mol. The molecule has 0 aliphatic rings. The minimum absolute atomic E-state index is 0.164. The van der Waals surface area contributed by atoms with Crippen LogP contribution in [0.15, 0.2) is 28.7 Å². The summed E-state index contributed by atoms with van der Waals surface area (Å²) < 4.78 is 6.16. The van der Waals surface area contributed by atoms with Crippen LogP contribution in [-0.2, 0) is 9.53 Å². The largest absolute Gasteiger partial charge is 0.444 e. The molecular weight excluding hydrogens is 386 g/mol. The average Bonchev–Trinajstić information content (AvgIpc) is 2.53. The summed E-state index contributed by atoms with van der Waals surface area (Å²) in [6.07, 6.45) is 2.19. The van der Waals surface area contributed by atoms with E-state index in [9.17, 15) is 14.4 Å². The van der Waals surface area contributed by atoms with Crippen LogP contribution in [0.4, 0.5) is 4.79 Å². The third kappa shape index (κ3) is 7.82. The number of carbonyl (C=O) groups excluding carboxylic acids is 3. The molecule has 1 aromatic rings. The Kier molecular flexibility index (Phi) is 8.29. The summed E-state index contributed by atoms with van der Waals surface area (Å²) in [6.45, 7) is 5.98. The van der Waals surface area contributed by atoms with Crippen molar-refractivity contribution in [2.75, 3.05) is 13.6 Å². The van der Waals surface area contributed by atoms with Crippen LogP contribution in [0.1, 0.15) is 50.4 Å². The van der Waals surface area contributed by atoms with Gasteiger partial charge in [0.1, 0.15) is 11.9 Å². The molecule has 0 bridgehead atoms. The minimum Gasteiger partial charge on any atom is -0.444 e. The van der Waals surface area contributed by atoms with Gasteiger partial charge in [-0.3, -0.25) is 4.79 Å². The third-order valence-corrected chi connectivity index (χ3v) is 4.12. The lowest BCUT2D eigenvalue weighted by Gasteiger charge is -2.24. The van der Waals surface area contributed by atoms with E-state index in [0.29, 0.717) is 37.7 Å². The van der Waals surface area contributed by atoms with Crippen LogP contribution in [0.2, 0.25) is 0 Å². The Morgan fingerprint density at radius 3 is 2.32 bits per heavy atom. The van der Waals surface area contributed by atoms with Crippen molar-refractivity contribution in [2.24, 2.45) is 5.92 Å². The second-order valence-corrected chi connectivity index (χ2v) is 7.93. The molecule has 0 heterocycles. The predicted octanol–water partition coefficient (Wildman–Crippen LogP) is 4.48. The molecule has 0 spiro atoms. The van der Waals surface area contributed by atoms with Crippen LogP contribution in [0, 0.1) is 5.92 Å². The fraction of sp³-hybridized carbons (Fsp3) is 0.526. The maximum Gasteiger partial charge on any atom is 0.410 e. The summed E-state index contributed by atoms with van der Waals surface area (Å²) in [5.41, 5.74) is 0.0107. The number of halogens is 1. The highest BCUT2D eigenvalue weighted by Crippen LogP contribution is 2.17. The summed E-state index contributed by atoms with van der Waals surface area (Å²) in [7, 11) is 1.68. The lowest BCUT2D eigenvalue weighted by molar-refractivity contribution is -0.110. The number of nitrogens with zero attached hydrogens (tertiary/aromatic N) is 1. The number of rotatable bonds is 8. The first-order valence-electron chi connectivity index (χ1n) is 8.33. The normalized spacial score (nSPS) is 12.4. The molecule has 25 heavy (non-hydrogen) atoms. The zero-order valence-corrected chi connectivity index (χ0v) is 16.8. The van der Waals surface area contributed by atoms with Crippen molar-refractivity contribution < 1.29 is 19.1 Å². The molecule has 1 atom stereocenters. The molecule has 0 fully saturated rings. The van der Waals surface area contributed by atoms with Crippen molar-refractivity contribution in [3.63, 3.8) is 0 Å². The summed E-state index contributed by atoms with van der Waals surface area (Å²) in [5, 5.41) is 0. The minimum atomic E-state index is -0.645. The van der Waals surface area contributed by atoms with Crippen molar-refractivity contribution in [3.8, 4) is 0 Å². The second-order valence-electron chi connectivity index (χ2n) is 7.01. The van der Waals surface area contributed by atoms with E-state index >= 15 is 0 Å². The van der Waals surface area contributed by atoms with Gasteiger partial charge in [-0.15, -0.1) is 0 Å². The van der Waals surface area contributed by atoms with E-state index in [0.717, 1.165) is 4.47 Å². The second kappa shape index (κ2) is 9.70. The van der Waals surface area contributed by atoms with Crippen molar-refractivity contribution >= 4 is 34.1 Å². The molecule has 0 radical (unpaired) electrons. The Bertz CT molecular complexity index is 592. The molecule has 1 unspecified atom stereocenters. The molecule has 0 saturated carbocycles. The number of amides is 1. The molecule has 5 nitrogen and oxygen atoms in total. The van der Waals surface area contributed by atoms with Crippen LogP contribution in [0.3, 0.4) is 0 Å². The zero-order valence-electron chi connectivity index (χ0n) is 15.3. The van der Waals surface area contributed by atoms with Crippen LogP contribution in [-0.4, -0.2) is 42.3 Å². The molecule has 0 aromatic heterocycles. The van der Waals surface area contributed by atoms with Gasteiger partial charge in [0.15, 0.2) is 5.78 Å². The van der Waals surface area contributed by atoms with Gasteiger partial charge in [0.05, 0.1) is 5.92 Å². The van der Waals surface area contributed by atoms with Crippen molar-refractivity contribution in [1.82, 2.24) is 4.90 Å². The van der Waals surface area contributed by atoms with E-state index in [1.807, 2.05) is 20.8 Å². The monoisotopic (exact) mass is 411 g/mol. The molecule has 6 heteroatoms. The van der Waals surface area contributed by atoms with Crippen LogP contribution < -0.4 is 0 Å². The Balaban J connectivity index is 2.42. The summed E-state index contributed by atoms with van der Waals surface area (Å²) in [4.78, 5) is 37.0. The van der Waals surface area contributed by atoms with Gasteiger partial charge in [0, 0.05) is 23.6 Å². The van der Waals surface area contributed by atoms with Gasteiger partial charge < -0.3 is 14.4 Å². The Morgan fingerprint density at radius 2 is 1.80 bits per heavy atom. The third-order valence-electron chi connectivity index (χ3n) is 3.59. The van der Waals surface area contributed by atoms with E-state index in [-0.39, 0.29) is 11.9 Å². The number of Topliss-reactive ketones (excluding diaryl/α,β-unsaturated/α-hetero) is 1. The lowest BCUT2D eigenvalue weighted by Crippen LogP contribution is -2.34. The highest BCUT2D eigenvalue weighted by molar-refractivity contribution is 9.10. The number of unbranched alkanes of at least 4 members (excludes halogenated alkanes) is 1. The fourth-order valence-electron chi connectivity index (χ4n) is 2.23. The smallest absolute Gasteiger partial charge is 0.410 e. The van der Waals surface area contributed by atoms with Crippen LogP contribution in [0.25, 0.3) is 0 Å². The predicted molar refractivity (Wildman–Crippen MR) is 101 cm³/mol. The number of carbonyl (C=O) groups is 3. The molecule has 138 valence electrons. The maximum absolute atomic E-state index is 12.3. The van der Waals surface area contributed by atoms with Gasteiger partial charge >= 0.3 is 6.09 Å². The quantitative estimate of drug-likeness (QED) is 0.273. The van der Waals surface area contributed by atoms with Crippen LogP contribution in [0.5, 0.6) is 0 Å². The zero-order chi connectivity index (χ0) is 19.0. The van der Waals surface area contributed by atoms with Gasteiger partial charge in [-0.05, 0) is 45.7 Å². The topological polar surface area (TPSA) is 63.7 Å². The van der Waals surface area contributed by atoms with E-state index in [4.69, 9.17) is 4.74 Å². The molecular formula is C19H26BrNO4. The molecule has 0 saturated heterocycles. The Morgan fingerprint density at radius 1 is 1.20 bits per heavy atom. The molecule has 1 rings (SSSR count). The standard InChI is InChI=1S/C19H26BrNO4/c1-19(2,3)25-18(24)21(4)12-6-5-7-15(13-22)17(23)14-8-10-16(20)11-9-14/h8-11,13,15H,5-7,12H2,1-4H3. The summed E-state index contributed by atoms with van der Waals surface area (Å²) in [6, 6.07) is 6.98. The highest BCUT2D eigenvalue weighted by Gasteiger charge is 2.21. The number of ether oxygens (including phenoxy) is 1. The number of benzene rings is 1. The van der Waals surface area contributed by atoms with Crippen molar-refractivity contribution in [1.29, 1.82) is 0 Å². The van der Waals surface area contributed by atoms with E-state index in [1.165, 1.54) is 4.90 Å². The van der Waals surface area contributed by atoms with Gasteiger partial charge in [-0.25, -0.2) is 4.79 Å². The van der Waals surface area contributed by atoms with Gasteiger partial charge in [-0.2, -0.15) is 0 Å². The highest BCUT2D eigenvalue weighted by atomic mass is 79.9. The number of ketones is 1. The van der Waals surface area contributed by atoms with Crippen LogP contribution >= 0.6 is 15.9 Å². The summed E-state index contributed by atoms with van der Waals surface area (Å²) in [5.74, 6) is -0.809. The lowest BCUT2D eigenvalue weighted by atomic mass is 9.94. The first kappa shape index (κ1) is 21.4. The molecule has 0 aliphatic carbocycles. The van der Waals surface area contributed by atoms with E-state index in [1.54, 1.807) is 31.3 Å². The number of hydrogen-bond donors (Lipinski definition) is 0. The number of aldehydes is 1. The number of hydrogen-bond acceptors (Lipinski definition) is 4. The fourth-order valence-corrected chi connectivity index (χ4v) is 2.50. The maximum atomic E-state index is 12.3.